The number of rotatable bonds is 4. The summed E-state index contributed by atoms with van der Waals surface area (Å²) in [4.78, 5) is 19.6. The lowest BCUT2D eigenvalue weighted by molar-refractivity contribution is -0.145. The van der Waals surface area contributed by atoms with Crippen molar-refractivity contribution < 1.29 is 18.0 Å². The van der Waals surface area contributed by atoms with E-state index in [1.54, 1.807) is 25.1 Å². The van der Waals surface area contributed by atoms with E-state index in [1.165, 1.54) is 6.07 Å². The number of carbonyl (C=O) groups excluding carboxylic acids is 1. The highest BCUT2D eigenvalue weighted by Gasteiger charge is 2.36. The Morgan fingerprint density at radius 2 is 1.92 bits per heavy atom. The lowest BCUT2D eigenvalue weighted by Crippen LogP contribution is -2.37. The van der Waals surface area contributed by atoms with Gasteiger partial charge >= 0.3 is 6.18 Å². The zero-order valence-corrected chi connectivity index (χ0v) is 14.5. The number of amides is 1. The normalized spacial score (nSPS) is 17.0. The third-order valence-electron chi connectivity index (χ3n) is 4.18. The molecule has 1 aliphatic rings. The average Bonchev–Trinajstić information content (AvgIpc) is 3.06. The zero-order valence-electron chi connectivity index (χ0n) is 13.6. The maximum atomic E-state index is 13.0. The molecule has 134 valence electrons. The van der Waals surface area contributed by atoms with Gasteiger partial charge in [0.1, 0.15) is 5.03 Å². The molecule has 1 aromatic heterocycles. The van der Waals surface area contributed by atoms with Crippen molar-refractivity contribution in [1.82, 2.24) is 15.3 Å². The number of alkyl halides is 3. The summed E-state index contributed by atoms with van der Waals surface area (Å²) in [5, 5.41) is 3.11. The molecular weight excluding hydrogens is 351 g/mol. The second kappa shape index (κ2) is 7.19. The van der Waals surface area contributed by atoms with Gasteiger partial charge in [0.15, 0.2) is 0 Å². The number of fused-ring (bicyclic) bond motifs is 1. The van der Waals surface area contributed by atoms with Gasteiger partial charge < -0.3 is 5.32 Å². The molecule has 4 nitrogen and oxygen atoms in total. The Morgan fingerprint density at radius 3 is 2.60 bits per heavy atom. The van der Waals surface area contributed by atoms with Crippen LogP contribution < -0.4 is 5.32 Å². The van der Waals surface area contributed by atoms with Crippen molar-refractivity contribution >= 4 is 28.6 Å². The van der Waals surface area contributed by atoms with E-state index in [0.29, 0.717) is 5.39 Å². The maximum absolute atomic E-state index is 13.0. The van der Waals surface area contributed by atoms with Gasteiger partial charge in [-0.1, -0.05) is 42.8 Å². The third kappa shape index (κ3) is 4.23. The van der Waals surface area contributed by atoms with Crippen molar-refractivity contribution in [1.29, 1.82) is 0 Å². The summed E-state index contributed by atoms with van der Waals surface area (Å²) >= 11 is 1.03. The van der Waals surface area contributed by atoms with Gasteiger partial charge in [0.2, 0.25) is 11.7 Å². The maximum Gasteiger partial charge on any atom is 0.451 e. The number of aromatic nitrogens is 2. The summed E-state index contributed by atoms with van der Waals surface area (Å²) in [6.07, 6.45) is -0.528. The van der Waals surface area contributed by atoms with Gasteiger partial charge in [-0.2, -0.15) is 13.2 Å². The van der Waals surface area contributed by atoms with E-state index in [9.17, 15) is 18.0 Å². The Hall–Kier alpha value is -1.83. The minimum absolute atomic E-state index is 0.170. The molecule has 0 saturated heterocycles. The van der Waals surface area contributed by atoms with Crippen molar-refractivity contribution in [2.45, 2.75) is 55.1 Å². The summed E-state index contributed by atoms with van der Waals surface area (Å²) in [6, 6.07) is 6.69. The van der Waals surface area contributed by atoms with Crippen LogP contribution in [0, 0.1) is 0 Å². The van der Waals surface area contributed by atoms with Crippen molar-refractivity contribution in [2.24, 2.45) is 0 Å². The molecule has 1 N–H and O–H groups in total. The number of hydrogen-bond donors (Lipinski definition) is 1. The van der Waals surface area contributed by atoms with E-state index in [2.05, 4.69) is 15.3 Å². The lowest BCUT2D eigenvalue weighted by Gasteiger charge is -2.17. The van der Waals surface area contributed by atoms with Crippen LogP contribution in [0.25, 0.3) is 10.9 Å². The minimum atomic E-state index is -4.63. The van der Waals surface area contributed by atoms with Crippen LogP contribution in [-0.4, -0.2) is 27.2 Å². The van der Waals surface area contributed by atoms with E-state index >= 15 is 0 Å². The second-order valence-electron chi connectivity index (χ2n) is 6.12. The van der Waals surface area contributed by atoms with Crippen LogP contribution in [-0.2, 0) is 11.0 Å². The fraction of sp³-hybridized carbons (Fsp3) is 0.471. The van der Waals surface area contributed by atoms with Crippen LogP contribution in [0.3, 0.4) is 0 Å². The van der Waals surface area contributed by atoms with E-state index in [4.69, 9.17) is 0 Å². The summed E-state index contributed by atoms with van der Waals surface area (Å²) in [6.45, 7) is 1.68. The number of carbonyl (C=O) groups is 1. The number of hydrogen-bond acceptors (Lipinski definition) is 4. The van der Waals surface area contributed by atoms with Crippen molar-refractivity contribution in [3.8, 4) is 0 Å². The molecule has 0 aliphatic heterocycles. The number of nitrogens with one attached hydrogen (secondary N) is 1. The molecule has 1 fully saturated rings. The molecule has 1 atom stereocenters. The fourth-order valence-corrected chi connectivity index (χ4v) is 3.82. The smallest absolute Gasteiger partial charge is 0.352 e. The Morgan fingerprint density at radius 1 is 1.24 bits per heavy atom. The summed E-state index contributed by atoms with van der Waals surface area (Å²) in [5.74, 6) is -1.36. The number of halogens is 3. The monoisotopic (exact) mass is 369 g/mol. The Bertz CT molecular complexity index is 775. The van der Waals surface area contributed by atoms with Gasteiger partial charge in [0, 0.05) is 11.4 Å². The molecule has 2 aromatic rings. The SMILES string of the molecule is C[C@H](Sc1nc(C(F)(F)F)nc2ccccc12)C(=O)NC1CCCC1. The first-order chi connectivity index (χ1) is 11.8. The molecule has 8 heteroatoms. The highest BCUT2D eigenvalue weighted by atomic mass is 32.2. The van der Waals surface area contributed by atoms with E-state index in [0.717, 1.165) is 37.4 Å². The number of para-hydroxylation sites is 1. The molecule has 1 aliphatic carbocycles. The predicted molar refractivity (Wildman–Crippen MR) is 90.3 cm³/mol. The van der Waals surface area contributed by atoms with E-state index < -0.39 is 17.3 Å². The molecule has 3 rings (SSSR count). The summed E-state index contributed by atoms with van der Waals surface area (Å²) < 4.78 is 39.1. The van der Waals surface area contributed by atoms with Crippen LogP contribution in [0.4, 0.5) is 13.2 Å². The number of thioether (sulfide) groups is 1. The number of benzene rings is 1. The van der Waals surface area contributed by atoms with Crippen molar-refractivity contribution in [3.05, 3.63) is 30.1 Å². The van der Waals surface area contributed by atoms with Gasteiger partial charge in [-0.3, -0.25) is 4.79 Å². The highest BCUT2D eigenvalue weighted by Crippen LogP contribution is 2.33. The predicted octanol–water partition coefficient (Wildman–Crippen LogP) is 4.19. The van der Waals surface area contributed by atoms with Gasteiger partial charge in [-0.15, -0.1) is 0 Å². The van der Waals surface area contributed by atoms with Gasteiger partial charge in [0.05, 0.1) is 10.8 Å². The molecule has 0 radical (unpaired) electrons. The van der Waals surface area contributed by atoms with E-state index in [1.807, 2.05) is 0 Å². The Labute approximate surface area is 147 Å². The first-order valence-electron chi connectivity index (χ1n) is 8.15. The zero-order chi connectivity index (χ0) is 18.0. The molecule has 0 unspecified atom stereocenters. The topological polar surface area (TPSA) is 54.9 Å². The minimum Gasteiger partial charge on any atom is -0.352 e. The van der Waals surface area contributed by atoms with Crippen molar-refractivity contribution in [3.63, 3.8) is 0 Å². The quantitative estimate of drug-likeness (QED) is 0.649. The molecule has 0 spiro atoms. The number of nitrogens with zero attached hydrogens (tertiary/aromatic N) is 2. The molecule has 0 bridgehead atoms. The van der Waals surface area contributed by atoms with Crippen LogP contribution in [0.1, 0.15) is 38.4 Å². The molecular formula is C17H18F3N3OS. The Balaban J connectivity index is 1.85. The van der Waals surface area contributed by atoms with Crippen LogP contribution in [0.5, 0.6) is 0 Å². The summed E-state index contributed by atoms with van der Waals surface area (Å²) in [5.41, 5.74) is 0.218. The molecule has 1 amide bonds. The van der Waals surface area contributed by atoms with Crippen LogP contribution >= 0.6 is 11.8 Å². The first kappa shape index (κ1) is 18.0. The van der Waals surface area contributed by atoms with Gasteiger partial charge in [-0.05, 0) is 25.8 Å². The lowest BCUT2D eigenvalue weighted by atomic mass is 10.2. The van der Waals surface area contributed by atoms with Crippen molar-refractivity contribution in [2.75, 3.05) is 0 Å². The third-order valence-corrected chi connectivity index (χ3v) is 5.28. The fourth-order valence-electron chi connectivity index (χ4n) is 2.87. The Kier molecular flexibility index (Phi) is 5.17. The first-order valence-corrected chi connectivity index (χ1v) is 9.03. The largest absolute Gasteiger partial charge is 0.451 e. The average molecular weight is 369 g/mol. The van der Waals surface area contributed by atoms with Crippen LogP contribution in [0.2, 0.25) is 0 Å². The highest BCUT2D eigenvalue weighted by molar-refractivity contribution is 8.00. The van der Waals surface area contributed by atoms with Gasteiger partial charge in [0.25, 0.3) is 0 Å². The van der Waals surface area contributed by atoms with Gasteiger partial charge in [-0.25, -0.2) is 9.97 Å². The summed E-state index contributed by atoms with van der Waals surface area (Å²) in [7, 11) is 0. The molecule has 25 heavy (non-hydrogen) atoms. The molecule has 1 heterocycles. The molecule has 1 aromatic carbocycles. The van der Waals surface area contributed by atoms with Crippen LogP contribution in [0.15, 0.2) is 29.3 Å². The standard InChI is InChI=1S/C17H18F3N3OS/c1-10(14(24)21-11-6-2-3-7-11)25-15-12-8-4-5-9-13(12)22-16(23-15)17(18,19)20/h4-5,8-11H,2-3,6-7H2,1H3,(H,21,24)/t10-/m0/s1. The second-order valence-corrected chi connectivity index (χ2v) is 7.45. The molecule has 1 saturated carbocycles. The van der Waals surface area contributed by atoms with E-state index in [-0.39, 0.29) is 22.5 Å².